The molecule has 0 atom stereocenters. The second-order valence-corrected chi connectivity index (χ2v) is 7.02. The Morgan fingerprint density at radius 3 is 1.92 bits per heavy atom. The highest BCUT2D eigenvalue weighted by Gasteiger charge is 2.39. The van der Waals surface area contributed by atoms with Crippen LogP contribution in [-0.4, -0.2) is 25.3 Å². The number of fused-ring (bicyclic) bond motifs is 2. The van der Waals surface area contributed by atoms with Crippen molar-refractivity contribution in [3.8, 4) is 0 Å². The molecule has 0 bridgehead atoms. The third-order valence-corrected chi connectivity index (χ3v) is 5.12. The van der Waals surface area contributed by atoms with E-state index in [0.29, 0.717) is 5.39 Å². The van der Waals surface area contributed by atoms with E-state index in [1.807, 2.05) is 12.1 Å². The van der Waals surface area contributed by atoms with Crippen LogP contribution < -0.4 is 0 Å². The standard InChI is InChI=1S/C18H11NO5S/c20-17-15-7-3-4-8-16(15)18(21)19(17)24-25(22,23)14-10-9-12-5-1-2-6-13(12)11-14/h1-11H. The molecule has 124 valence electrons. The summed E-state index contributed by atoms with van der Waals surface area (Å²) >= 11 is 0. The van der Waals surface area contributed by atoms with Gasteiger partial charge in [-0.05, 0) is 35.0 Å². The Morgan fingerprint density at radius 1 is 0.720 bits per heavy atom. The zero-order valence-corrected chi connectivity index (χ0v) is 13.6. The number of nitrogens with zero attached hydrogens (tertiary/aromatic N) is 1. The quantitative estimate of drug-likeness (QED) is 0.676. The first-order chi connectivity index (χ1) is 12.0. The number of imide groups is 1. The second-order valence-electron chi connectivity index (χ2n) is 5.49. The van der Waals surface area contributed by atoms with Crippen molar-refractivity contribution in [3.05, 3.63) is 77.9 Å². The number of carbonyl (C=O) groups excluding carboxylic acids is 2. The van der Waals surface area contributed by atoms with E-state index in [4.69, 9.17) is 4.28 Å². The minimum Gasteiger partial charge on any atom is -0.266 e. The first-order valence-electron chi connectivity index (χ1n) is 7.38. The van der Waals surface area contributed by atoms with Crippen LogP contribution in [0.5, 0.6) is 0 Å². The number of rotatable bonds is 3. The summed E-state index contributed by atoms with van der Waals surface area (Å²) in [5.41, 5.74) is 0.224. The van der Waals surface area contributed by atoms with Crippen LogP contribution >= 0.6 is 0 Å². The fourth-order valence-corrected chi connectivity index (χ4v) is 3.62. The third kappa shape index (κ3) is 2.50. The van der Waals surface area contributed by atoms with Crippen LogP contribution in [0, 0.1) is 0 Å². The molecule has 4 rings (SSSR count). The van der Waals surface area contributed by atoms with Crippen molar-refractivity contribution < 1.29 is 22.3 Å². The first kappa shape index (κ1) is 15.5. The topological polar surface area (TPSA) is 80.8 Å². The van der Waals surface area contributed by atoms with Crippen LogP contribution in [0.3, 0.4) is 0 Å². The van der Waals surface area contributed by atoms with E-state index in [1.165, 1.54) is 24.3 Å². The zero-order valence-electron chi connectivity index (χ0n) is 12.7. The molecular formula is C18H11NO5S. The Morgan fingerprint density at radius 2 is 1.28 bits per heavy atom. The van der Waals surface area contributed by atoms with Gasteiger partial charge in [0.15, 0.2) is 0 Å². The summed E-state index contributed by atoms with van der Waals surface area (Å²) < 4.78 is 29.9. The van der Waals surface area contributed by atoms with Gasteiger partial charge in [-0.2, -0.15) is 8.42 Å². The highest BCUT2D eigenvalue weighted by Crippen LogP contribution is 2.26. The van der Waals surface area contributed by atoms with Crippen LogP contribution in [-0.2, 0) is 14.4 Å². The predicted octanol–water partition coefficient (Wildman–Crippen LogP) is 2.76. The van der Waals surface area contributed by atoms with Gasteiger partial charge in [0.2, 0.25) is 0 Å². The van der Waals surface area contributed by atoms with Crippen molar-refractivity contribution in [2.75, 3.05) is 0 Å². The molecule has 0 fully saturated rings. The summed E-state index contributed by atoms with van der Waals surface area (Å²) in [5.74, 6) is -1.60. The Hall–Kier alpha value is -3.03. The highest BCUT2D eigenvalue weighted by atomic mass is 32.2. The summed E-state index contributed by atoms with van der Waals surface area (Å²) in [6, 6.07) is 17.7. The van der Waals surface area contributed by atoms with Gasteiger partial charge in [0.05, 0.1) is 16.0 Å². The van der Waals surface area contributed by atoms with Gasteiger partial charge < -0.3 is 0 Å². The molecule has 0 radical (unpaired) electrons. The molecule has 0 aromatic heterocycles. The zero-order chi connectivity index (χ0) is 17.6. The summed E-state index contributed by atoms with van der Waals surface area (Å²) in [6.45, 7) is 0. The van der Waals surface area contributed by atoms with E-state index in [9.17, 15) is 18.0 Å². The fraction of sp³-hybridized carbons (Fsp3) is 0. The smallest absolute Gasteiger partial charge is 0.266 e. The first-order valence-corrected chi connectivity index (χ1v) is 8.79. The van der Waals surface area contributed by atoms with Crippen molar-refractivity contribution in [2.24, 2.45) is 0 Å². The maximum atomic E-state index is 12.5. The number of hydrogen-bond acceptors (Lipinski definition) is 5. The lowest BCUT2D eigenvalue weighted by Gasteiger charge is -2.13. The molecule has 0 aliphatic carbocycles. The molecule has 0 saturated carbocycles. The molecule has 0 unspecified atom stereocenters. The Balaban J connectivity index is 1.70. The Labute approximate surface area is 143 Å². The monoisotopic (exact) mass is 353 g/mol. The molecule has 0 N–H and O–H groups in total. The Kier molecular flexibility index (Phi) is 3.41. The lowest BCUT2D eigenvalue weighted by Crippen LogP contribution is -2.32. The molecule has 3 aromatic carbocycles. The molecule has 3 aromatic rings. The summed E-state index contributed by atoms with van der Waals surface area (Å²) in [7, 11) is -4.33. The number of carbonyl (C=O) groups is 2. The largest absolute Gasteiger partial charge is 0.318 e. The molecule has 0 saturated heterocycles. The van der Waals surface area contributed by atoms with E-state index in [1.54, 1.807) is 30.3 Å². The molecule has 25 heavy (non-hydrogen) atoms. The second kappa shape index (κ2) is 5.51. The maximum absolute atomic E-state index is 12.5. The molecule has 0 spiro atoms. The van der Waals surface area contributed by atoms with E-state index < -0.39 is 21.9 Å². The van der Waals surface area contributed by atoms with Gasteiger partial charge >= 0.3 is 10.1 Å². The molecule has 6 nitrogen and oxygen atoms in total. The molecule has 1 aliphatic heterocycles. The van der Waals surface area contributed by atoms with Crippen molar-refractivity contribution in [1.82, 2.24) is 5.06 Å². The van der Waals surface area contributed by atoms with Gasteiger partial charge in [-0.15, -0.1) is 9.35 Å². The maximum Gasteiger partial charge on any atom is 0.318 e. The van der Waals surface area contributed by atoms with Crippen molar-refractivity contribution in [1.29, 1.82) is 0 Å². The van der Waals surface area contributed by atoms with Gasteiger partial charge in [0.1, 0.15) is 0 Å². The number of hydrogen-bond donors (Lipinski definition) is 0. The molecule has 7 heteroatoms. The fourth-order valence-electron chi connectivity index (χ4n) is 2.70. The van der Waals surface area contributed by atoms with Crippen LogP contribution in [0.1, 0.15) is 20.7 Å². The van der Waals surface area contributed by atoms with Crippen molar-refractivity contribution in [3.63, 3.8) is 0 Å². The Bertz CT molecular complexity index is 1100. The molecule has 2 amide bonds. The normalized spacial score (nSPS) is 14.2. The van der Waals surface area contributed by atoms with Crippen molar-refractivity contribution in [2.45, 2.75) is 4.90 Å². The van der Waals surface area contributed by atoms with Crippen LogP contribution in [0.15, 0.2) is 71.6 Å². The lowest BCUT2D eigenvalue weighted by atomic mass is 10.1. The van der Waals surface area contributed by atoms with Gasteiger partial charge in [0.25, 0.3) is 11.8 Å². The average molecular weight is 353 g/mol. The third-order valence-electron chi connectivity index (χ3n) is 3.94. The molecule has 1 heterocycles. The predicted molar refractivity (Wildman–Crippen MR) is 89.2 cm³/mol. The number of hydroxylamine groups is 2. The minimum absolute atomic E-state index is 0.112. The highest BCUT2D eigenvalue weighted by molar-refractivity contribution is 7.86. The van der Waals surface area contributed by atoms with Crippen molar-refractivity contribution >= 4 is 32.7 Å². The summed E-state index contributed by atoms with van der Waals surface area (Å²) in [4.78, 5) is 24.4. The summed E-state index contributed by atoms with van der Waals surface area (Å²) in [6.07, 6.45) is 0. The lowest BCUT2D eigenvalue weighted by molar-refractivity contribution is -0.0103. The van der Waals surface area contributed by atoms with E-state index >= 15 is 0 Å². The van der Waals surface area contributed by atoms with Gasteiger partial charge in [-0.25, -0.2) is 0 Å². The number of benzene rings is 3. The molecule has 1 aliphatic rings. The van der Waals surface area contributed by atoms with Crippen LogP contribution in [0.4, 0.5) is 0 Å². The van der Waals surface area contributed by atoms with E-state index in [0.717, 1.165) is 5.39 Å². The van der Waals surface area contributed by atoms with Gasteiger partial charge in [-0.3, -0.25) is 9.59 Å². The average Bonchev–Trinajstić information content (AvgIpc) is 2.86. The van der Waals surface area contributed by atoms with Crippen LogP contribution in [0.25, 0.3) is 10.8 Å². The van der Waals surface area contributed by atoms with E-state index in [2.05, 4.69) is 0 Å². The summed E-state index contributed by atoms with van der Waals surface area (Å²) in [5, 5.41) is 1.85. The van der Waals surface area contributed by atoms with Gasteiger partial charge in [-0.1, -0.05) is 42.5 Å². The SMILES string of the molecule is O=C1c2ccccc2C(=O)N1OS(=O)(=O)c1ccc2ccccc2c1. The number of amides is 2. The molecular weight excluding hydrogens is 342 g/mol. The minimum atomic E-state index is -4.33. The van der Waals surface area contributed by atoms with E-state index in [-0.39, 0.29) is 21.1 Å². The van der Waals surface area contributed by atoms with Crippen LogP contribution in [0.2, 0.25) is 0 Å². The van der Waals surface area contributed by atoms with Gasteiger partial charge in [0, 0.05) is 0 Å².